The van der Waals surface area contributed by atoms with Gasteiger partial charge in [0.15, 0.2) is 26.5 Å². The predicted molar refractivity (Wildman–Crippen MR) is 148 cm³/mol. The van der Waals surface area contributed by atoms with Gasteiger partial charge in [0.25, 0.3) is 5.91 Å². The molecule has 208 valence electrons. The maximum absolute atomic E-state index is 13.6. The van der Waals surface area contributed by atoms with Crippen molar-refractivity contribution in [3.8, 4) is 11.5 Å². The lowest BCUT2D eigenvalue weighted by Crippen LogP contribution is -2.45. The maximum Gasteiger partial charge on any atom is 0.408 e. The SMILES string of the molecule is CC(C)(C)OC(=O)N[C@H](Cc1ccccc1)C(=O)N=C1S[C@H]2CS(=O)(=O)C[C@H]2N1Cc1ccc2c(c1)OCO2. The number of sulfone groups is 1. The lowest BCUT2D eigenvalue weighted by molar-refractivity contribution is -0.119. The highest BCUT2D eigenvalue weighted by atomic mass is 32.2. The molecule has 39 heavy (non-hydrogen) atoms. The molecule has 0 unspecified atom stereocenters. The van der Waals surface area contributed by atoms with Gasteiger partial charge in [0.1, 0.15) is 11.6 Å². The van der Waals surface area contributed by atoms with Crippen LogP contribution in [0.2, 0.25) is 0 Å². The van der Waals surface area contributed by atoms with E-state index in [-0.39, 0.29) is 36.0 Å². The number of hydrogen-bond acceptors (Lipinski definition) is 8. The number of rotatable bonds is 6. The summed E-state index contributed by atoms with van der Waals surface area (Å²) in [6.07, 6.45) is -0.486. The van der Waals surface area contributed by atoms with E-state index < -0.39 is 33.5 Å². The average molecular weight is 574 g/mol. The van der Waals surface area contributed by atoms with Crippen LogP contribution in [0.15, 0.2) is 53.5 Å². The molecule has 0 saturated carbocycles. The highest BCUT2D eigenvalue weighted by Gasteiger charge is 2.49. The second-order valence-electron chi connectivity index (χ2n) is 10.7. The van der Waals surface area contributed by atoms with Crippen molar-refractivity contribution in [1.29, 1.82) is 0 Å². The zero-order valence-electron chi connectivity index (χ0n) is 22.0. The van der Waals surface area contributed by atoms with E-state index in [1.807, 2.05) is 53.4 Å². The van der Waals surface area contributed by atoms with E-state index in [1.54, 1.807) is 20.8 Å². The highest BCUT2D eigenvalue weighted by molar-refractivity contribution is 8.15. The number of benzene rings is 2. The van der Waals surface area contributed by atoms with Crippen LogP contribution in [0.25, 0.3) is 0 Å². The molecular formula is C27H31N3O7S2. The van der Waals surface area contributed by atoms with E-state index in [2.05, 4.69) is 10.3 Å². The van der Waals surface area contributed by atoms with E-state index in [0.29, 0.717) is 23.2 Å². The van der Waals surface area contributed by atoms with Gasteiger partial charge in [-0.3, -0.25) is 4.79 Å². The van der Waals surface area contributed by atoms with Gasteiger partial charge in [-0.05, 0) is 44.0 Å². The van der Waals surface area contributed by atoms with E-state index in [4.69, 9.17) is 14.2 Å². The fraction of sp³-hybridized carbons (Fsp3) is 0.444. The molecule has 3 heterocycles. The van der Waals surface area contributed by atoms with Crippen molar-refractivity contribution in [2.24, 2.45) is 4.99 Å². The molecular weight excluding hydrogens is 542 g/mol. The van der Waals surface area contributed by atoms with Gasteiger partial charge in [-0.25, -0.2) is 13.2 Å². The van der Waals surface area contributed by atoms with Crippen molar-refractivity contribution < 1.29 is 32.2 Å². The summed E-state index contributed by atoms with van der Waals surface area (Å²) < 4.78 is 41.1. The monoisotopic (exact) mass is 573 g/mol. The number of carbonyl (C=O) groups excluding carboxylic acids is 2. The molecule has 0 bridgehead atoms. The molecule has 10 nitrogen and oxygen atoms in total. The molecule has 0 aromatic heterocycles. The summed E-state index contributed by atoms with van der Waals surface area (Å²) in [5.74, 6) is 0.750. The predicted octanol–water partition coefficient (Wildman–Crippen LogP) is 3.15. The fourth-order valence-electron chi connectivity index (χ4n) is 4.73. The first-order chi connectivity index (χ1) is 18.5. The number of nitrogens with one attached hydrogen (secondary N) is 1. The lowest BCUT2D eigenvalue weighted by atomic mass is 10.1. The molecule has 0 spiro atoms. The van der Waals surface area contributed by atoms with Crippen LogP contribution in [0, 0.1) is 0 Å². The number of alkyl carbamates (subject to hydrolysis) is 1. The van der Waals surface area contributed by atoms with Gasteiger partial charge in [0.2, 0.25) is 6.79 Å². The van der Waals surface area contributed by atoms with Gasteiger partial charge in [-0.2, -0.15) is 4.99 Å². The molecule has 2 aromatic rings. The number of aliphatic imine (C=N–C) groups is 1. The fourth-order valence-corrected chi connectivity index (χ4v) is 8.68. The summed E-state index contributed by atoms with van der Waals surface area (Å²) in [7, 11) is -3.20. The second kappa shape index (κ2) is 10.7. The third-order valence-electron chi connectivity index (χ3n) is 6.44. The summed E-state index contributed by atoms with van der Waals surface area (Å²) in [6, 6.07) is 13.6. The molecule has 3 aliphatic heterocycles. The largest absolute Gasteiger partial charge is 0.454 e. The number of thioether (sulfide) groups is 1. The Morgan fingerprint density at radius 1 is 1.10 bits per heavy atom. The van der Waals surface area contributed by atoms with Crippen LogP contribution in [0.1, 0.15) is 31.9 Å². The number of carbonyl (C=O) groups is 2. The Labute approximate surface area is 232 Å². The topological polar surface area (TPSA) is 124 Å². The van der Waals surface area contributed by atoms with Crippen molar-refractivity contribution in [2.45, 2.75) is 56.7 Å². The van der Waals surface area contributed by atoms with Gasteiger partial charge >= 0.3 is 6.09 Å². The van der Waals surface area contributed by atoms with Crippen molar-refractivity contribution in [2.75, 3.05) is 18.3 Å². The van der Waals surface area contributed by atoms with Crippen molar-refractivity contribution in [1.82, 2.24) is 10.2 Å². The van der Waals surface area contributed by atoms with E-state index >= 15 is 0 Å². The quantitative estimate of drug-likeness (QED) is 0.555. The number of fused-ring (bicyclic) bond motifs is 2. The van der Waals surface area contributed by atoms with Crippen molar-refractivity contribution in [3.63, 3.8) is 0 Å². The summed E-state index contributed by atoms with van der Waals surface area (Å²) in [6.45, 7) is 5.73. The van der Waals surface area contributed by atoms with Crippen LogP contribution in [0.5, 0.6) is 11.5 Å². The number of nitrogens with zero attached hydrogens (tertiary/aromatic N) is 2. The summed E-state index contributed by atoms with van der Waals surface area (Å²) in [4.78, 5) is 32.5. The summed E-state index contributed by atoms with van der Waals surface area (Å²) in [5, 5.41) is 2.88. The smallest absolute Gasteiger partial charge is 0.408 e. The van der Waals surface area contributed by atoms with Gasteiger partial charge in [-0.15, -0.1) is 0 Å². The third-order valence-corrected chi connectivity index (χ3v) is 9.69. The minimum absolute atomic E-state index is 0.00791. The average Bonchev–Trinajstić information content (AvgIpc) is 3.51. The van der Waals surface area contributed by atoms with E-state index in [1.165, 1.54) is 11.8 Å². The van der Waals surface area contributed by atoms with Crippen LogP contribution in [-0.2, 0) is 32.3 Å². The van der Waals surface area contributed by atoms with Crippen molar-refractivity contribution in [3.05, 3.63) is 59.7 Å². The van der Waals surface area contributed by atoms with E-state index in [9.17, 15) is 18.0 Å². The van der Waals surface area contributed by atoms with Crippen LogP contribution in [0.3, 0.4) is 0 Å². The van der Waals surface area contributed by atoms with Crippen molar-refractivity contribution >= 4 is 38.8 Å². The molecule has 2 aromatic carbocycles. The lowest BCUT2D eigenvalue weighted by Gasteiger charge is -2.25. The molecule has 0 radical (unpaired) electrons. The molecule has 2 saturated heterocycles. The Bertz CT molecular complexity index is 1390. The molecule has 12 heteroatoms. The Balaban J connectivity index is 1.41. The molecule has 2 fully saturated rings. The normalized spacial score (nSPS) is 22.9. The Hall–Kier alpha value is -3.25. The van der Waals surface area contributed by atoms with Gasteiger partial charge < -0.3 is 24.4 Å². The standard InChI is InChI=1S/C27H31N3O7S2/c1-27(2,3)37-26(32)28-19(11-17-7-5-4-6-8-17)24(31)29-25-30(20-14-39(33,34)15-23(20)38-25)13-18-9-10-21-22(12-18)36-16-35-21/h4-10,12,19-20,23H,11,13-16H2,1-3H3,(H,28,32)/t19-,20-,23+/m1/s1. The molecule has 0 aliphatic carbocycles. The molecule has 5 rings (SSSR count). The van der Waals surface area contributed by atoms with Crippen LogP contribution in [-0.4, -0.2) is 71.7 Å². The molecule has 3 aliphatic rings. The van der Waals surface area contributed by atoms with E-state index in [0.717, 1.165) is 11.1 Å². The second-order valence-corrected chi connectivity index (χ2v) is 14.1. The van der Waals surface area contributed by atoms with Crippen LogP contribution in [0.4, 0.5) is 4.79 Å². The first kappa shape index (κ1) is 27.3. The summed E-state index contributed by atoms with van der Waals surface area (Å²) in [5.41, 5.74) is 0.992. The first-order valence-electron chi connectivity index (χ1n) is 12.6. The molecule has 1 N–H and O–H groups in total. The van der Waals surface area contributed by atoms with Gasteiger partial charge in [-0.1, -0.05) is 48.2 Å². The minimum atomic E-state index is -3.20. The summed E-state index contributed by atoms with van der Waals surface area (Å²) >= 11 is 1.29. The van der Waals surface area contributed by atoms with Crippen LogP contribution < -0.4 is 14.8 Å². The Morgan fingerprint density at radius 2 is 1.85 bits per heavy atom. The first-order valence-corrected chi connectivity index (χ1v) is 15.3. The van der Waals surface area contributed by atoms with Crippen LogP contribution >= 0.6 is 11.8 Å². The maximum atomic E-state index is 13.6. The number of hydrogen-bond donors (Lipinski definition) is 1. The Kier molecular flexibility index (Phi) is 7.51. The number of ether oxygens (including phenoxy) is 3. The number of amides is 2. The third kappa shape index (κ3) is 6.67. The Morgan fingerprint density at radius 3 is 2.59 bits per heavy atom. The number of amidine groups is 1. The zero-order chi connectivity index (χ0) is 27.8. The van der Waals surface area contributed by atoms with Gasteiger partial charge in [0.05, 0.1) is 17.5 Å². The van der Waals surface area contributed by atoms with Gasteiger partial charge in [0, 0.05) is 18.2 Å². The molecule has 3 atom stereocenters. The minimum Gasteiger partial charge on any atom is -0.454 e. The zero-order valence-corrected chi connectivity index (χ0v) is 23.6. The molecule has 2 amide bonds. The highest BCUT2D eigenvalue weighted by Crippen LogP contribution is 2.40.